The lowest BCUT2D eigenvalue weighted by Gasteiger charge is -2.12. The molecule has 9 heteroatoms. The molecule has 172 valence electrons. The first-order chi connectivity index (χ1) is 16.0. The molecular weight excluding hydrogens is 422 g/mol. The Morgan fingerprint density at radius 1 is 1.21 bits per heavy atom. The molecule has 1 aromatic heterocycles. The number of nitrogens with two attached hydrogens (primary N) is 1. The Hall–Kier alpha value is -3.85. The number of hydrogen-bond donors (Lipinski definition) is 3. The zero-order valence-electron chi connectivity index (χ0n) is 18.6. The van der Waals surface area contributed by atoms with Gasteiger partial charge in [0.15, 0.2) is 0 Å². The Morgan fingerprint density at radius 3 is 2.61 bits per heavy atom. The van der Waals surface area contributed by atoms with Crippen LogP contribution in [0.3, 0.4) is 0 Å². The normalized spacial score (nSPS) is 15.3. The second kappa shape index (κ2) is 9.74. The zero-order chi connectivity index (χ0) is 23.4. The van der Waals surface area contributed by atoms with Gasteiger partial charge in [-0.1, -0.05) is 36.4 Å². The van der Waals surface area contributed by atoms with Crippen molar-refractivity contribution in [3.63, 3.8) is 0 Å². The van der Waals surface area contributed by atoms with Crippen LogP contribution < -0.4 is 21.1 Å². The number of methoxy groups -OCH3 is 1. The molecule has 2 aromatic carbocycles. The van der Waals surface area contributed by atoms with Gasteiger partial charge in [0.2, 0.25) is 0 Å². The van der Waals surface area contributed by atoms with E-state index in [1.54, 1.807) is 29.9 Å². The van der Waals surface area contributed by atoms with Gasteiger partial charge in [-0.2, -0.15) is 5.10 Å². The molecule has 0 aliphatic carbocycles. The molecule has 1 fully saturated rings. The highest BCUT2D eigenvalue weighted by Crippen LogP contribution is 2.33. The maximum atomic E-state index is 12.5. The third kappa shape index (κ3) is 4.54. The highest BCUT2D eigenvalue weighted by Gasteiger charge is 2.28. The molecule has 9 nitrogen and oxygen atoms in total. The van der Waals surface area contributed by atoms with Gasteiger partial charge in [-0.05, 0) is 24.1 Å². The summed E-state index contributed by atoms with van der Waals surface area (Å²) in [6.45, 7) is 1.54. The molecule has 1 aliphatic heterocycles. The molecule has 1 aliphatic rings. The molecule has 33 heavy (non-hydrogen) atoms. The van der Waals surface area contributed by atoms with Gasteiger partial charge >= 0.3 is 0 Å². The quantitative estimate of drug-likeness (QED) is 0.486. The van der Waals surface area contributed by atoms with Crippen molar-refractivity contribution in [2.75, 3.05) is 32.7 Å². The Kier molecular flexibility index (Phi) is 6.60. The van der Waals surface area contributed by atoms with E-state index in [2.05, 4.69) is 10.6 Å². The number of nitrogens with one attached hydrogen (secondary N) is 2. The summed E-state index contributed by atoms with van der Waals surface area (Å²) >= 11 is 0. The Morgan fingerprint density at radius 2 is 1.97 bits per heavy atom. The molecule has 4 rings (SSSR count). The number of hydrogen-bond acceptors (Lipinski definition) is 6. The van der Waals surface area contributed by atoms with Crippen LogP contribution in [-0.2, 0) is 11.3 Å². The van der Waals surface area contributed by atoms with Crippen LogP contribution in [0.5, 0.6) is 5.75 Å². The van der Waals surface area contributed by atoms with Crippen molar-refractivity contribution in [1.29, 1.82) is 0 Å². The van der Waals surface area contributed by atoms with Crippen LogP contribution in [0.1, 0.15) is 38.7 Å². The molecule has 3 aromatic rings. The predicted octanol–water partition coefficient (Wildman–Crippen LogP) is 2.59. The summed E-state index contributed by atoms with van der Waals surface area (Å²) in [5.74, 6) is 0.338. The molecule has 0 spiro atoms. The molecule has 2 heterocycles. The number of ether oxygens (including phenoxy) is 2. The molecule has 1 unspecified atom stereocenters. The van der Waals surface area contributed by atoms with Crippen molar-refractivity contribution in [2.24, 2.45) is 5.73 Å². The summed E-state index contributed by atoms with van der Waals surface area (Å²) < 4.78 is 12.5. The maximum absolute atomic E-state index is 12.5. The van der Waals surface area contributed by atoms with Gasteiger partial charge in [-0.15, -0.1) is 0 Å². The maximum Gasteiger partial charge on any atom is 0.255 e. The summed E-state index contributed by atoms with van der Waals surface area (Å²) in [5, 5.41) is 10.7. The summed E-state index contributed by atoms with van der Waals surface area (Å²) in [5.41, 5.74) is 8.72. The number of amides is 2. The van der Waals surface area contributed by atoms with Crippen molar-refractivity contribution in [3.05, 3.63) is 65.2 Å². The van der Waals surface area contributed by atoms with Gasteiger partial charge in [0.05, 0.1) is 25.3 Å². The Balaban J connectivity index is 1.54. The smallest absolute Gasteiger partial charge is 0.255 e. The van der Waals surface area contributed by atoms with Gasteiger partial charge in [-0.25, -0.2) is 4.68 Å². The van der Waals surface area contributed by atoms with Crippen LogP contribution in [0.25, 0.3) is 11.3 Å². The minimum Gasteiger partial charge on any atom is -0.496 e. The predicted molar refractivity (Wildman–Crippen MR) is 124 cm³/mol. The Labute approximate surface area is 191 Å². The molecule has 0 bridgehead atoms. The fraction of sp³-hybridized carbons (Fsp3) is 0.292. The van der Waals surface area contributed by atoms with Crippen LogP contribution in [-0.4, -0.2) is 49.0 Å². The topological polar surface area (TPSA) is 121 Å². The van der Waals surface area contributed by atoms with Gasteiger partial charge in [0.25, 0.3) is 11.8 Å². The van der Waals surface area contributed by atoms with Crippen LogP contribution >= 0.6 is 0 Å². The van der Waals surface area contributed by atoms with E-state index in [1.165, 1.54) is 7.11 Å². The monoisotopic (exact) mass is 449 g/mol. The lowest BCUT2D eigenvalue weighted by atomic mass is 10.0. The van der Waals surface area contributed by atoms with Crippen LogP contribution in [0, 0.1) is 0 Å². The standard InChI is InChI=1S/C24H27N5O4/c1-26-23-20(22(25)30)21(28-29(23)17-11-12-33-14-17)16-9-7-15(8-10-16)13-27-24(31)18-5-3-4-6-19(18)32-2/h3-10,17,26H,11-14H2,1-2H3,(H2,25,30)(H,27,31). The van der Waals surface area contributed by atoms with Crippen LogP contribution in [0.2, 0.25) is 0 Å². The first-order valence-corrected chi connectivity index (χ1v) is 10.7. The summed E-state index contributed by atoms with van der Waals surface area (Å²) in [7, 11) is 3.28. The number of nitrogens with zero attached hydrogens (tertiary/aromatic N) is 2. The second-order valence-corrected chi connectivity index (χ2v) is 7.73. The molecule has 4 N–H and O–H groups in total. The molecule has 0 radical (unpaired) electrons. The second-order valence-electron chi connectivity index (χ2n) is 7.73. The summed E-state index contributed by atoms with van der Waals surface area (Å²) in [6, 6.07) is 14.6. The number of para-hydroxylation sites is 1. The van der Waals surface area contributed by atoms with Gasteiger partial charge in [-0.3, -0.25) is 9.59 Å². The molecule has 2 amide bonds. The van der Waals surface area contributed by atoms with E-state index in [0.717, 1.165) is 17.5 Å². The van der Waals surface area contributed by atoms with Gasteiger partial charge in [0, 0.05) is 25.8 Å². The Bertz CT molecular complexity index is 1150. The third-order valence-corrected chi connectivity index (χ3v) is 5.68. The lowest BCUT2D eigenvalue weighted by molar-refractivity contribution is 0.0946. The average molecular weight is 450 g/mol. The van der Waals surface area contributed by atoms with E-state index in [0.29, 0.717) is 48.1 Å². The van der Waals surface area contributed by atoms with E-state index in [1.807, 2.05) is 30.3 Å². The van der Waals surface area contributed by atoms with E-state index in [9.17, 15) is 9.59 Å². The highest BCUT2D eigenvalue weighted by atomic mass is 16.5. The average Bonchev–Trinajstić information content (AvgIpc) is 3.50. The largest absolute Gasteiger partial charge is 0.496 e. The number of carbonyl (C=O) groups is 2. The van der Waals surface area contributed by atoms with E-state index >= 15 is 0 Å². The van der Waals surface area contributed by atoms with Gasteiger partial charge in [0.1, 0.15) is 22.8 Å². The number of carbonyl (C=O) groups excluding carboxylic acids is 2. The molecule has 1 saturated heterocycles. The molecule has 0 saturated carbocycles. The number of primary amides is 1. The number of aromatic nitrogens is 2. The van der Waals surface area contributed by atoms with Crippen molar-refractivity contribution >= 4 is 17.6 Å². The van der Waals surface area contributed by atoms with E-state index in [4.69, 9.17) is 20.3 Å². The number of rotatable bonds is 8. The van der Waals surface area contributed by atoms with E-state index in [-0.39, 0.29) is 11.9 Å². The number of anilines is 1. The van der Waals surface area contributed by atoms with Crippen molar-refractivity contribution in [2.45, 2.75) is 19.0 Å². The highest BCUT2D eigenvalue weighted by molar-refractivity contribution is 6.03. The minimum absolute atomic E-state index is 0.0452. The first kappa shape index (κ1) is 22.3. The summed E-state index contributed by atoms with van der Waals surface area (Å²) in [4.78, 5) is 24.8. The van der Waals surface area contributed by atoms with Crippen molar-refractivity contribution in [3.8, 4) is 17.0 Å². The van der Waals surface area contributed by atoms with Crippen LogP contribution in [0.4, 0.5) is 5.82 Å². The van der Waals surface area contributed by atoms with Gasteiger partial charge < -0.3 is 25.8 Å². The molecule has 1 atom stereocenters. The SMILES string of the molecule is CNc1c(C(N)=O)c(-c2ccc(CNC(=O)c3ccccc3OC)cc2)nn1C1CCOC1. The van der Waals surface area contributed by atoms with Crippen LogP contribution in [0.15, 0.2) is 48.5 Å². The zero-order valence-corrected chi connectivity index (χ0v) is 18.6. The first-order valence-electron chi connectivity index (χ1n) is 10.7. The van der Waals surface area contributed by atoms with Crippen molar-refractivity contribution in [1.82, 2.24) is 15.1 Å². The molecular formula is C24H27N5O4. The fourth-order valence-electron chi connectivity index (χ4n) is 3.98. The number of benzene rings is 2. The fourth-order valence-corrected chi connectivity index (χ4v) is 3.98. The van der Waals surface area contributed by atoms with E-state index < -0.39 is 5.91 Å². The lowest BCUT2D eigenvalue weighted by Crippen LogP contribution is -2.23. The van der Waals surface area contributed by atoms with Crippen molar-refractivity contribution < 1.29 is 19.1 Å². The summed E-state index contributed by atoms with van der Waals surface area (Å²) in [6.07, 6.45) is 0.818. The minimum atomic E-state index is -0.548. The third-order valence-electron chi connectivity index (χ3n) is 5.68.